The summed E-state index contributed by atoms with van der Waals surface area (Å²) in [6, 6.07) is 17.6. The van der Waals surface area contributed by atoms with Crippen LogP contribution < -0.4 is 16.7 Å². The Kier molecular flexibility index (Phi) is 5.68. The van der Waals surface area contributed by atoms with Crippen molar-refractivity contribution in [1.82, 2.24) is 24.5 Å². The molecule has 0 saturated heterocycles. The van der Waals surface area contributed by atoms with Gasteiger partial charge < -0.3 is 11.1 Å². The van der Waals surface area contributed by atoms with Crippen LogP contribution in [0.25, 0.3) is 28.0 Å². The maximum atomic E-state index is 12.9. The van der Waals surface area contributed by atoms with Gasteiger partial charge in [-0.15, -0.1) is 0 Å². The van der Waals surface area contributed by atoms with Crippen LogP contribution in [0.1, 0.15) is 16.1 Å². The van der Waals surface area contributed by atoms with Gasteiger partial charge in [0.1, 0.15) is 0 Å². The second-order valence-electron chi connectivity index (χ2n) is 7.69. The van der Waals surface area contributed by atoms with Gasteiger partial charge in [-0.1, -0.05) is 29.8 Å². The number of carbonyl (C=O) groups is 1. The third kappa shape index (κ3) is 4.32. The van der Waals surface area contributed by atoms with Crippen LogP contribution in [0.2, 0.25) is 5.02 Å². The minimum absolute atomic E-state index is 0.0253. The Morgan fingerprint density at radius 2 is 1.83 bits per heavy atom. The van der Waals surface area contributed by atoms with Crippen molar-refractivity contribution < 1.29 is 4.79 Å². The van der Waals surface area contributed by atoms with E-state index in [0.717, 1.165) is 11.3 Å². The van der Waals surface area contributed by atoms with Gasteiger partial charge in [0.05, 0.1) is 21.8 Å². The molecule has 5 rings (SSSR count). The van der Waals surface area contributed by atoms with Gasteiger partial charge in [0.15, 0.2) is 5.65 Å². The van der Waals surface area contributed by atoms with E-state index in [9.17, 15) is 9.59 Å². The maximum Gasteiger partial charge on any atom is 0.354 e. The molecule has 1 amide bonds. The molecule has 3 N–H and O–H groups in total. The zero-order valence-corrected chi connectivity index (χ0v) is 19.2. The van der Waals surface area contributed by atoms with Crippen molar-refractivity contribution in [2.75, 3.05) is 11.1 Å². The summed E-state index contributed by atoms with van der Waals surface area (Å²) in [4.78, 5) is 42.0. The Morgan fingerprint density at radius 1 is 1.03 bits per heavy atom. The largest absolute Gasteiger partial charge is 0.368 e. The zero-order valence-electron chi connectivity index (χ0n) is 18.4. The number of amides is 1. The number of nitrogen functional groups attached to an aromatic ring is 1. The van der Waals surface area contributed by atoms with E-state index >= 15 is 0 Å². The Hall–Kier alpha value is -4.63. The van der Waals surface area contributed by atoms with Gasteiger partial charge in [-0.3, -0.25) is 14.3 Å². The molecule has 172 valence electrons. The number of pyridine rings is 1. The number of nitrogens with two attached hydrogens (primary N) is 1. The molecule has 3 aromatic heterocycles. The lowest BCUT2D eigenvalue weighted by molar-refractivity contribution is 0.102. The van der Waals surface area contributed by atoms with Crippen LogP contribution in [0.5, 0.6) is 0 Å². The zero-order chi connectivity index (χ0) is 24.5. The average Bonchev–Trinajstić information content (AvgIpc) is 2.86. The van der Waals surface area contributed by atoms with E-state index in [-0.39, 0.29) is 17.5 Å². The summed E-state index contributed by atoms with van der Waals surface area (Å²) in [5.74, 6) is -0.284. The molecule has 10 heteroatoms. The first-order chi connectivity index (χ1) is 16.9. The summed E-state index contributed by atoms with van der Waals surface area (Å²) in [6.07, 6.45) is 3.22. The van der Waals surface area contributed by atoms with Crippen LogP contribution in [0.4, 0.5) is 11.6 Å². The van der Waals surface area contributed by atoms with Crippen LogP contribution in [0, 0.1) is 6.92 Å². The highest BCUT2D eigenvalue weighted by atomic mass is 35.5. The van der Waals surface area contributed by atoms with Crippen molar-refractivity contribution in [2.24, 2.45) is 0 Å². The Balaban J connectivity index is 1.46. The molecular formula is C25H18ClN7O2. The molecule has 0 spiro atoms. The number of rotatable bonds is 4. The predicted octanol–water partition coefficient (Wildman–Crippen LogP) is 4.03. The van der Waals surface area contributed by atoms with E-state index in [1.165, 1.54) is 10.8 Å². The number of fused-ring (bicyclic) bond motifs is 1. The van der Waals surface area contributed by atoms with E-state index in [4.69, 9.17) is 17.3 Å². The lowest BCUT2D eigenvalue weighted by Gasteiger charge is -2.14. The van der Waals surface area contributed by atoms with Crippen LogP contribution in [0.3, 0.4) is 0 Å². The molecular weight excluding hydrogens is 466 g/mol. The number of carbonyl (C=O) groups excluding carboxylic acids is 1. The maximum absolute atomic E-state index is 12.9. The SMILES string of the molecule is Cc1c2cnc(N)nc2nc(=O)n1-c1cc(NC(=O)c2ccc(-c3ccccn3)cc2)ccc1Cl. The standard InChI is InChI=1S/C25H18ClN7O2/c1-14-18-13-29-24(27)31-22(18)32-25(35)33(14)21-12-17(9-10-19(21)26)30-23(34)16-7-5-15(6-8-16)20-4-2-3-11-28-20/h2-13H,1H3,(H,30,34)(H2,27,31,32,35). The molecule has 0 aliphatic carbocycles. The normalized spacial score (nSPS) is 10.9. The van der Waals surface area contributed by atoms with E-state index in [2.05, 4.69) is 25.3 Å². The van der Waals surface area contributed by atoms with Gasteiger partial charge in [-0.25, -0.2) is 9.78 Å². The second-order valence-corrected chi connectivity index (χ2v) is 8.10. The van der Waals surface area contributed by atoms with E-state index in [0.29, 0.717) is 33.0 Å². The molecule has 0 aliphatic rings. The number of aromatic nitrogens is 5. The highest BCUT2D eigenvalue weighted by Gasteiger charge is 2.15. The minimum atomic E-state index is -0.580. The highest BCUT2D eigenvalue weighted by molar-refractivity contribution is 6.32. The lowest BCUT2D eigenvalue weighted by Crippen LogP contribution is -2.25. The topological polar surface area (TPSA) is 129 Å². The molecule has 0 atom stereocenters. The van der Waals surface area contributed by atoms with Gasteiger partial charge in [0.25, 0.3) is 5.91 Å². The smallest absolute Gasteiger partial charge is 0.354 e. The summed E-state index contributed by atoms with van der Waals surface area (Å²) >= 11 is 6.42. The number of hydrogen-bond donors (Lipinski definition) is 2. The monoisotopic (exact) mass is 483 g/mol. The van der Waals surface area contributed by atoms with Crippen LogP contribution >= 0.6 is 11.6 Å². The number of anilines is 2. The average molecular weight is 484 g/mol. The van der Waals surface area contributed by atoms with Crippen LogP contribution in [0.15, 0.2) is 77.9 Å². The first kappa shape index (κ1) is 22.2. The lowest BCUT2D eigenvalue weighted by atomic mass is 10.1. The van der Waals surface area contributed by atoms with Gasteiger partial charge in [-0.05, 0) is 49.4 Å². The molecule has 0 radical (unpaired) electrons. The number of hydrogen-bond acceptors (Lipinski definition) is 7. The molecule has 0 fully saturated rings. The fourth-order valence-corrected chi connectivity index (χ4v) is 3.91. The third-order valence-electron chi connectivity index (χ3n) is 5.46. The molecule has 9 nitrogen and oxygen atoms in total. The number of halogens is 1. The summed E-state index contributed by atoms with van der Waals surface area (Å²) in [6.45, 7) is 1.73. The number of aryl methyl sites for hydroxylation is 1. The summed E-state index contributed by atoms with van der Waals surface area (Å²) < 4.78 is 1.35. The molecule has 3 heterocycles. The summed E-state index contributed by atoms with van der Waals surface area (Å²) in [7, 11) is 0. The van der Waals surface area contributed by atoms with Crippen molar-refractivity contribution in [3.63, 3.8) is 0 Å². The van der Waals surface area contributed by atoms with Crippen LogP contribution in [-0.2, 0) is 0 Å². The molecule has 0 unspecified atom stereocenters. The molecule has 0 saturated carbocycles. The van der Waals surface area contributed by atoms with Crippen molar-refractivity contribution in [1.29, 1.82) is 0 Å². The van der Waals surface area contributed by atoms with Gasteiger partial charge >= 0.3 is 5.69 Å². The van der Waals surface area contributed by atoms with Gasteiger partial charge in [-0.2, -0.15) is 9.97 Å². The number of benzene rings is 2. The highest BCUT2D eigenvalue weighted by Crippen LogP contribution is 2.26. The first-order valence-electron chi connectivity index (χ1n) is 10.6. The molecule has 0 aliphatic heterocycles. The Bertz CT molecular complexity index is 1630. The molecule has 35 heavy (non-hydrogen) atoms. The predicted molar refractivity (Wildman–Crippen MR) is 135 cm³/mol. The fourth-order valence-electron chi connectivity index (χ4n) is 3.71. The van der Waals surface area contributed by atoms with E-state index < -0.39 is 5.69 Å². The Labute approximate surface area is 204 Å². The summed E-state index contributed by atoms with van der Waals surface area (Å²) in [5, 5.41) is 3.71. The van der Waals surface area contributed by atoms with Gasteiger partial charge in [0.2, 0.25) is 5.95 Å². The first-order valence-corrected chi connectivity index (χ1v) is 10.9. The Morgan fingerprint density at radius 3 is 2.57 bits per heavy atom. The quantitative estimate of drug-likeness (QED) is 0.394. The second kappa shape index (κ2) is 8.96. The van der Waals surface area contributed by atoms with Crippen molar-refractivity contribution in [2.45, 2.75) is 6.92 Å². The summed E-state index contributed by atoms with van der Waals surface area (Å²) in [5.41, 5.74) is 8.79. The fraction of sp³-hybridized carbons (Fsp3) is 0.0400. The number of nitrogens with one attached hydrogen (secondary N) is 1. The van der Waals surface area contributed by atoms with Crippen molar-refractivity contribution in [3.8, 4) is 16.9 Å². The molecule has 0 bridgehead atoms. The third-order valence-corrected chi connectivity index (χ3v) is 5.78. The van der Waals surface area contributed by atoms with Crippen molar-refractivity contribution in [3.05, 3.63) is 99.8 Å². The number of nitrogens with zero attached hydrogens (tertiary/aromatic N) is 5. The van der Waals surface area contributed by atoms with Gasteiger partial charge in [0, 0.05) is 34.9 Å². The molecule has 2 aromatic carbocycles. The van der Waals surface area contributed by atoms with E-state index in [1.54, 1.807) is 43.5 Å². The van der Waals surface area contributed by atoms with Crippen LogP contribution in [-0.4, -0.2) is 30.4 Å². The van der Waals surface area contributed by atoms with Crippen molar-refractivity contribution >= 4 is 40.2 Å². The molecule has 5 aromatic rings. The van der Waals surface area contributed by atoms with E-state index in [1.807, 2.05) is 30.3 Å². The minimum Gasteiger partial charge on any atom is -0.368 e.